The van der Waals surface area contributed by atoms with Crippen molar-refractivity contribution in [3.63, 3.8) is 0 Å². The van der Waals surface area contributed by atoms with Gasteiger partial charge in [0.2, 0.25) is 0 Å². The predicted octanol–water partition coefficient (Wildman–Crippen LogP) is 3.54. The second kappa shape index (κ2) is 6.51. The topological polar surface area (TPSA) is 155 Å². The monoisotopic (exact) mass is 468 g/mol. The molecule has 6 rings (SSSR count). The Morgan fingerprint density at radius 2 is 0.914 bits per heavy atom. The Labute approximate surface area is 193 Å². The molecule has 3 N–H and O–H groups in total. The summed E-state index contributed by atoms with van der Waals surface area (Å²) in [4.78, 5) is 62.7. The molecule has 2 aliphatic carbocycles. The van der Waals surface area contributed by atoms with Crippen LogP contribution in [0.1, 0.15) is 31.1 Å². The Morgan fingerprint density at radius 3 is 1.26 bits per heavy atom. The highest BCUT2D eigenvalue weighted by Gasteiger charge is 2.31. The normalized spacial score (nSPS) is 11.9. The molecule has 0 amide bonds. The molecule has 0 aliphatic heterocycles. The van der Waals surface area contributed by atoms with Crippen LogP contribution in [-0.2, 0) is 0 Å². The van der Waals surface area contributed by atoms with Crippen molar-refractivity contribution in [1.82, 2.24) is 0 Å². The van der Waals surface area contributed by atoms with E-state index in [1.165, 1.54) is 43.5 Å². The first-order chi connectivity index (χ1) is 16.6. The zero-order valence-electron chi connectivity index (χ0n) is 17.8. The van der Waals surface area contributed by atoms with Gasteiger partial charge >= 0.3 is 17.9 Å². The summed E-state index contributed by atoms with van der Waals surface area (Å²) in [5, 5.41) is 30.2. The van der Waals surface area contributed by atoms with Gasteiger partial charge in [0.25, 0.3) is 0 Å². The number of carbonyl (C=O) groups is 3. The van der Waals surface area contributed by atoms with Crippen LogP contribution in [0.2, 0.25) is 0 Å². The zero-order valence-corrected chi connectivity index (χ0v) is 17.8. The highest BCUT2D eigenvalue weighted by Crippen LogP contribution is 2.50. The molecule has 0 spiro atoms. The fourth-order valence-electron chi connectivity index (χ4n) is 5.21. The van der Waals surface area contributed by atoms with Gasteiger partial charge in [-0.3, -0.25) is 9.59 Å². The Bertz CT molecular complexity index is 1870. The Hall–Kier alpha value is -5.05. The Balaban J connectivity index is 2.09. The first-order valence-electron chi connectivity index (χ1n) is 10.3. The van der Waals surface area contributed by atoms with E-state index in [-0.39, 0.29) is 60.3 Å². The van der Waals surface area contributed by atoms with E-state index in [4.69, 9.17) is 4.74 Å². The lowest BCUT2D eigenvalue weighted by molar-refractivity contribution is 0.0686. The zero-order chi connectivity index (χ0) is 24.9. The molecule has 0 heterocycles. The molecule has 9 nitrogen and oxygen atoms in total. The lowest BCUT2D eigenvalue weighted by Gasteiger charge is -2.23. The number of ether oxygens (including phenoxy) is 1. The van der Waals surface area contributed by atoms with Crippen molar-refractivity contribution in [3.05, 3.63) is 73.5 Å². The molecule has 0 saturated carbocycles. The van der Waals surface area contributed by atoms with Crippen LogP contribution in [0.25, 0.3) is 54.2 Å². The molecule has 0 saturated heterocycles. The lowest BCUT2D eigenvalue weighted by atomic mass is 9.79. The minimum atomic E-state index is -1.36. The average molecular weight is 468 g/mol. The summed E-state index contributed by atoms with van der Waals surface area (Å²) >= 11 is 0. The van der Waals surface area contributed by atoms with Crippen molar-refractivity contribution in [2.75, 3.05) is 7.11 Å². The molecule has 170 valence electrons. The van der Waals surface area contributed by atoms with Gasteiger partial charge < -0.3 is 20.1 Å². The van der Waals surface area contributed by atoms with Crippen LogP contribution < -0.4 is 15.6 Å². The van der Waals surface area contributed by atoms with Crippen LogP contribution in [0.5, 0.6) is 5.75 Å². The van der Waals surface area contributed by atoms with Crippen LogP contribution >= 0.6 is 0 Å². The second-order valence-electron chi connectivity index (χ2n) is 8.32. The maximum absolute atomic E-state index is 13.6. The molecular weight excluding hydrogens is 456 g/mol. The predicted molar refractivity (Wildman–Crippen MR) is 127 cm³/mol. The number of benzene rings is 6. The summed E-state index contributed by atoms with van der Waals surface area (Å²) in [6, 6.07) is 7.45. The third-order valence-electron chi connectivity index (χ3n) is 6.58. The van der Waals surface area contributed by atoms with Crippen molar-refractivity contribution in [2.45, 2.75) is 0 Å². The highest BCUT2D eigenvalue weighted by molar-refractivity contribution is 6.33. The molecule has 4 aromatic rings. The van der Waals surface area contributed by atoms with E-state index >= 15 is 0 Å². The summed E-state index contributed by atoms with van der Waals surface area (Å²) in [6.45, 7) is 0. The third kappa shape index (κ3) is 2.43. The molecule has 35 heavy (non-hydrogen) atoms. The largest absolute Gasteiger partial charge is 0.495 e. The molecule has 0 aromatic heterocycles. The maximum atomic E-state index is 13.6. The first-order valence-corrected chi connectivity index (χ1v) is 10.3. The van der Waals surface area contributed by atoms with Crippen molar-refractivity contribution >= 4 is 61.0 Å². The first kappa shape index (κ1) is 20.5. The van der Waals surface area contributed by atoms with E-state index in [1.54, 1.807) is 0 Å². The number of aromatic carboxylic acids is 3. The summed E-state index contributed by atoms with van der Waals surface area (Å²) in [6.07, 6.45) is 0. The molecule has 0 atom stereocenters. The fraction of sp³-hybridized carbons (Fsp3) is 0.0385. The quantitative estimate of drug-likeness (QED) is 0.260. The summed E-state index contributed by atoms with van der Waals surface area (Å²) in [7, 11) is 1.33. The number of rotatable bonds is 4. The summed E-state index contributed by atoms with van der Waals surface area (Å²) in [5.74, 6) is -3.83. The van der Waals surface area contributed by atoms with Crippen molar-refractivity contribution in [3.8, 4) is 16.9 Å². The van der Waals surface area contributed by atoms with Crippen LogP contribution in [0.3, 0.4) is 0 Å². The van der Waals surface area contributed by atoms with E-state index in [0.717, 1.165) is 0 Å². The molecule has 4 aromatic carbocycles. The van der Waals surface area contributed by atoms with Gasteiger partial charge in [0.1, 0.15) is 5.75 Å². The van der Waals surface area contributed by atoms with Crippen LogP contribution in [0.15, 0.2) is 46.0 Å². The Morgan fingerprint density at radius 1 is 0.571 bits per heavy atom. The number of carboxylic acid groups (broad SMARTS) is 3. The Kier molecular flexibility index (Phi) is 3.82. The van der Waals surface area contributed by atoms with Crippen LogP contribution in [0.4, 0.5) is 0 Å². The average Bonchev–Trinajstić information content (AvgIpc) is 2.83. The number of hydrogen-bond acceptors (Lipinski definition) is 6. The van der Waals surface area contributed by atoms with E-state index in [2.05, 4.69) is 0 Å². The highest BCUT2D eigenvalue weighted by atomic mass is 16.5. The molecule has 9 heteroatoms. The van der Waals surface area contributed by atoms with Gasteiger partial charge in [0, 0.05) is 54.2 Å². The molecule has 0 bridgehead atoms. The minimum absolute atomic E-state index is 0.0266. The van der Waals surface area contributed by atoms with Crippen molar-refractivity contribution in [1.29, 1.82) is 0 Å². The van der Waals surface area contributed by atoms with Gasteiger partial charge in [-0.2, -0.15) is 0 Å². The van der Waals surface area contributed by atoms with Gasteiger partial charge in [-0.25, -0.2) is 14.4 Å². The van der Waals surface area contributed by atoms with Gasteiger partial charge in [-0.1, -0.05) is 0 Å². The van der Waals surface area contributed by atoms with Gasteiger partial charge in [0.15, 0.2) is 10.9 Å². The second-order valence-corrected chi connectivity index (χ2v) is 8.32. The van der Waals surface area contributed by atoms with E-state index in [9.17, 15) is 39.3 Å². The smallest absolute Gasteiger partial charge is 0.335 e. The van der Waals surface area contributed by atoms with Crippen molar-refractivity contribution < 1.29 is 34.4 Å². The lowest BCUT2D eigenvalue weighted by Crippen LogP contribution is -2.16. The third-order valence-corrected chi connectivity index (χ3v) is 6.58. The van der Waals surface area contributed by atoms with Crippen LogP contribution in [-0.4, -0.2) is 40.3 Å². The molecule has 2 aliphatic rings. The van der Waals surface area contributed by atoms with Gasteiger partial charge in [-0.05, 0) is 36.4 Å². The minimum Gasteiger partial charge on any atom is -0.495 e. The number of methoxy groups -OCH3 is 1. The number of hydrogen-bond donors (Lipinski definition) is 3. The molecule has 0 radical (unpaired) electrons. The molecular formula is C26H12O9. The molecule has 0 unspecified atom stereocenters. The van der Waals surface area contributed by atoms with E-state index in [0.29, 0.717) is 16.3 Å². The van der Waals surface area contributed by atoms with E-state index < -0.39 is 28.8 Å². The van der Waals surface area contributed by atoms with Gasteiger partial charge in [-0.15, -0.1) is 0 Å². The summed E-state index contributed by atoms with van der Waals surface area (Å²) < 4.78 is 5.59. The maximum Gasteiger partial charge on any atom is 0.335 e. The van der Waals surface area contributed by atoms with Gasteiger partial charge in [0.05, 0.1) is 23.8 Å². The SMILES string of the molecule is COc1c2cc(C(=O)O)cc3c(=O)c4cc(C(=O)O)cc5c4-c(c23)c2c1cc(C(=O)O)cc2c5=O. The van der Waals surface area contributed by atoms with E-state index in [1.807, 2.05) is 0 Å². The summed E-state index contributed by atoms with van der Waals surface area (Å²) in [5.41, 5.74) is -1.26. The fourth-order valence-corrected chi connectivity index (χ4v) is 5.21. The standard InChI is InChI=1S/C26H12O9/c1-35-23-15-6-9(25(31)32)4-13-18(15)20-17-11(21(13)27)2-8(24(29)30)3-12(17)22(28)14-5-10(26(33)34)7-16(23)19(14)20/h2-7H,1H3,(H,29,30)(H,31,32)(H,33,34). The number of carboxylic acids is 3. The van der Waals surface area contributed by atoms with Crippen LogP contribution in [0, 0.1) is 0 Å². The molecule has 0 fully saturated rings. The van der Waals surface area contributed by atoms with Crippen molar-refractivity contribution in [2.24, 2.45) is 0 Å².